The minimum absolute atomic E-state index is 0.361. The van der Waals surface area contributed by atoms with E-state index in [9.17, 15) is 4.79 Å². The minimum Gasteiger partial charge on any atom is -0.495 e. The number of carbonyl (C=O) groups is 1. The number of benzene rings is 2. The van der Waals surface area contributed by atoms with Gasteiger partial charge in [0.05, 0.1) is 12.1 Å². The van der Waals surface area contributed by atoms with E-state index in [0.29, 0.717) is 28.1 Å². The summed E-state index contributed by atoms with van der Waals surface area (Å²) in [5.41, 5.74) is 2.61. The first-order valence-corrected chi connectivity index (χ1v) is 10.9. The number of amides is 2. The average molecular weight is 468 g/mol. The number of likely N-dealkylation sites (N-methyl/N-ethyl adjacent to an activating group) is 1. The quantitative estimate of drug-likeness (QED) is 0.498. The lowest BCUT2D eigenvalue weighted by atomic mass is 10.2. The Morgan fingerprint density at radius 1 is 0.970 bits per heavy atom. The second kappa shape index (κ2) is 10.4. The first-order chi connectivity index (χ1) is 16.0. The number of hydrogen-bond donors (Lipinski definition) is 3. The molecule has 2 amide bonds. The van der Waals surface area contributed by atoms with Crippen LogP contribution in [0.15, 0.2) is 54.9 Å². The van der Waals surface area contributed by atoms with Crippen molar-refractivity contribution in [1.82, 2.24) is 14.9 Å². The van der Waals surface area contributed by atoms with Crippen LogP contribution in [0.2, 0.25) is 5.02 Å². The van der Waals surface area contributed by atoms with Crippen molar-refractivity contribution in [3.8, 4) is 5.75 Å². The monoisotopic (exact) mass is 467 g/mol. The Kier molecular flexibility index (Phi) is 7.11. The molecular weight excluding hydrogens is 442 g/mol. The van der Waals surface area contributed by atoms with Crippen LogP contribution in [0.25, 0.3) is 0 Å². The number of hydrogen-bond acceptors (Lipinski definition) is 7. The van der Waals surface area contributed by atoms with Crippen LogP contribution >= 0.6 is 11.6 Å². The first kappa shape index (κ1) is 22.6. The van der Waals surface area contributed by atoms with Crippen LogP contribution in [0.3, 0.4) is 0 Å². The highest BCUT2D eigenvalue weighted by molar-refractivity contribution is 6.32. The van der Waals surface area contributed by atoms with Gasteiger partial charge in [0.2, 0.25) is 0 Å². The highest BCUT2D eigenvalue weighted by Crippen LogP contribution is 2.27. The summed E-state index contributed by atoms with van der Waals surface area (Å²) in [5, 5.41) is 9.11. The highest BCUT2D eigenvalue weighted by Gasteiger charge is 2.14. The summed E-state index contributed by atoms with van der Waals surface area (Å²) < 4.78 is 5.12. The van der Waals surface area contributed by atoms with Crippen molar-refractivity contribution in [3.05, 3.63) is 59.9 Å². The number of carbonyl (C=O) groups excluding carboxylic acids is 1. The van der Waals surface area contributed by atoms with E-state index in [0.717, 1.165) is 37.6 Å². The Balaban J connectivity index is 1.38. The third-order valence-corrected chi connectivity index (χ3v) is 5.60. The third kappa shape index (κ3) is 6.03. The molecule has 172 valence electrons. The van der Waals surface area contributed by atoms with Crippen LogP contribution in [0, 0.1) is 0 Å². The standard InChI is InChI=1S/C23H26ClN7O2/c1-30-8-10-31(11-9-30)18-5-3-4-16(12-18)27-21-14-22(26-15-25-21)29-23(32)28-17-6-7-20(33-2)19(24)13-17/h3-7,12-15H,8-11H2,1-2H3,(H3,25,26,27,28,29,32). The molecule has 9 nitrogen and oxygen atoms in total. The number of halogens is 1. The maximum Gasteiger partial charge on any atom is 0.324 e. The van der Waals surface area contributed by atoms with E-state index >= 15 is 0 Å². The number of nitrogens with zero attached hydrogens (tertiary/aromatic N) is 4. The number of anilines is 5. The Morgan fingerprint density at radius 3 is 2.52 bits per heavy atom. The molecule has 0 radical (unpaired) electrons. The van der Waals surface area contributed by atoms with Crippen molar-refractivity contribution in [1.29, 1.82) is 0 Å². The SMILES string of the molecule is COc1ccc(NC(=O)Nc2cc(Nc3cccc(N4CCN(C)CC4)c3)ncn2)cc1Cl. The highest BCUT2D eigenvalue weighted by atomic mass is 35.5. The summed E-state index contributed by atoms with van der Waals surface area (Å²) in [6.45, 7) is 4.08. The predicted molar refractivity (Wildman–Crippen MR) is 132 cm³/mol. The second-order valence-electron chi connectivity index (χ2n) is 7.68. The van der Waals surface area contributed by atoms with Crippen molar-refractivity contribution < 1.29 is 9.53 Å². The summed E-state index contributed by atoms with van der Waals surface area (Å²) in [6, 6.07) is 14.4. The van der Waals surface area contributed by atoms with E-state index < -0.39 is 6.03 Å². The molecule has 1 aliphatic heterocycles. The van der Waals surface area contributed by atoms with E-state index in [1.54, 1.807) is 24.3 Å². The van der Waals surface area contributed by atoms with Crippen molar-refractivity contribution in [2.45, 2.75) is 0 Å². The van der Waals surface area contributed by atoms with Gasteiger partial charge in [-0.25, -0.2) is 14.8 Å². The van der Waals surface area contributed by atoms with Crippen LogP contribution < -0.4 is 25.6 Å². The molecule has 0 saturated carbocycles. The Hall–Kier alpha value is -3.56. The molecule has 1 saturated heterocycles. The fraction of sp³-hybridized carbons (Fsp3) is 0.261. The van der Waals surface area contributed by atoms with Gasteiger partial charge < -0.3 is 25.2 Å². The van der Waals surface area contributed by atoms with Gasteiger partial charge >= 0.3 is 6.03 Å². The van der Waals surface area contributed by atoms with E-state index in [1.165, 1.54) is 13.4 Å². The largest absolute Gasteiger partial charge is 0.495 e. The molecule has 0 bridgehead atoms. The van der Waals surface area contributed by atoms with E-state index in [2.05, 4.69) is 54.9 Å². The fourth-order valence-corrected chi connectivity index (χ4v) is 3.77. The zero-order chi connectivity index (χ0) is 23.2. The van der Waals surface area contributed by atoms with Gasteiger partial charge in [-0.15, -0.1) is 0 Å². The van der Waals surface area contributed by atoms with Gasteiger partial charge in [-0.1, -0.05) is 17.7 Å². The molecular formula is C23H26ClN7O2. The van der Waals surface area contributed by atoms with Gasteiger partial charge in [0.15, 0.2) is 0 Å². The van der Waals surface area contributed by atoms with Crippen LogP contribution in [0.4, 0.5) is 33.5 Å². The predicted octanol–water partition coefficient (Wildman–Crippen LogP) is 4.28. The maximum atomic E-state index is 12.4. The van der Waals surface area contributed by atoms with E-state index in [1.807, 2.05) is 12.1 Å². The molecule has 2 heterocycles. The number of rotatable bonds is 6. The van der Waals surface area contributed by atoms with Crippen molar-refractivity contribution in [2.24, 2.45) is 0 Å². The number of ether oxygens (including phenoxy) is 1. The molecule has 0 atom stereocenters. The van der Waals surface area contributed by atoms with Crippen LogP contribution in [-0.4, -0.2) is 61.2 Å². The molecule has 1 fully saturated rings. The zero-order valence-electron chi connectivity index (χ0n) is 18.5. The summed E-state index contributed by atoms with van der Waals surface area (Å²) >= 11 is 6.11. The molecule has 1 aromatic heterocycles. The van der Waals surface area contributed by atoms with Crippen LogP contribution in [0.1, 0.15) is 0 Å². The van der Waals surface area contributed by atoms with E-state index in [-0.39, 0.29) is 0 Å². The second-order valence-corrected chi connectivity index (χ2v) is 8.09. The Morgan fingerprint density at radius 2 is 1.76 bits per heavy atom. The number of urea groups is 1. The molecule has 3 aromatic rings. The summed E-state index contributed by atoms with van der Waals surface area (Å²) in [6.07, 6.45) is 1.40. The molecule has 0 unspecified atom stereocenters. The maximum absolute atomic E-state index is 12.4. The first-order valence-electron chi connectivity index (χ1n) is 10.5. The summed E-state index contributed by atoms with van der Waals surface area (Å²) in [5.74, 6) is 1.47. The van der Waals surface area contributed by atoms with Gasteiger partial charge in [-0.05, 0) is 43.4 Å². The Labute approximate surface area is 197 Å². The van der Waals surface area contributed by atoms with Crippen LogP contribution in [-0.2, 0) is 0 Å². The molecule has 10 heteroatoms. The lowest BCUT2D eigenvalue weighted by Gasteiger charge is -2.34. The normalized spacial score (nSPS) is 14.0. The van der Waals surface area contributed by atoms with Gasteiger partial charge in [-0.3, -0.25) is 5.32 Å². The molecule has 1 aliphatic rings. The van der Waals surface area contributed by atoms with Gasteiger partial charge in [-0.2, -0.15) is 0 Å². The van der Waals surface area contributed by atoms with Gasteiger partial charge in [0.1, 0.15) is 23.7 Å². The minimum atomic E-state index is -0.446. The number of piperazine rings is 1. The lowest BCUT2D eigenvalue weighted by Crippen LogP contribution is -2.44. The van der Waals surface area contributed by atoms with Crippen molar-refractivity contribution in [2.75, 3.05) is 61.2 Å². The van der Waals surface area contributed by atoms with E-state index in [4.69, 9.17) is 16.3 Å². The molecule has 4 rings (SSSR count). The average Bonchev–Trinajstić information content (AvgIpc) is 2.80. The topological polar surface area (TPSA) is 94.6 Å². The smallest absolute Gasteiger partial charge is 0.324 e. The van der Waals surface area contributed by atoms with Crippen molar-refractivity contribution >= 4 is 46.3 Å². The molecule has 33 heavy (non-hydrogen) atoms. The fourth-order valence-electron chi connectivity index (χ4n) is 3.51. The Bertz CT molecular complexity index is 1120. The number of methoxy groups -OCH3 is 1. The van der Waals surface area contributed by atoms with Gasteiger partial charge in [0.25, 0.3) is 0 Å². The molecule has 2 aromatic carbocycles. The summed E-state index contributed by atoms with van der Waals surface area (Å²) in [7, 11) is 3.67. The number of aromatic nitrogens is 2. The van der Waals surface area contributed by atoms with Gasteiger partial charge in [0, 0.05) is 49.3 Å². The third-order valence-electron chi connectivity index (χ3n) is 5.31. The van der Waals surface area contributed by atoms with Crippen molar-refractivity contribution in [3.63, 3.8) is 0 Å². The number of nitrogens with one attached hydrogen (secondary N) is 3. The molecule has 0 aliphatic carbocycles. The lowest BCUT2D eigenvalue weighted by molar-refractivity contribution is 0.262. The molecule has 3 N–H and O–H groups in total. The van der Waals surface area contributed by atoms with Crippen LogP contribution in [0.5, 0.6) is 5.75 Å². The summed E-state index contributed by atoms with van der Waals surface area (Å²) in [4.78, 5) is 25.5. The molecule has 0 spiro atoms. The zero-order valence-corrected chi connectivity index (χ0v) is 19.3.